The number of nitrogens with zero attached hydrogens (tertiary/aromatic N) is 2. The molecule has 0 bridgehead atoms. The smallest absolute Gasteiger partial charge is 0.323 e. The second-order valence-electron chi connectivity index (χ2n) is 5.86. The Labute approximate surface area is 135 Å². The highest BCUT2D eigenvalue weighted by molar-refractivity contribution is 7.89. The zero-order valence-corrected chi connectivity index (χ0v) is 14.0. The molecule has 1 fully saturated rings. The van der Waals surface area contributed by atoms with E-state index in [1.54, 1.807) is 4.31 Å². The number of hydrogen-bond acceptors (Lipinski definition) is 4. The van der Waals surface area contributed by atoms with Gasteiger partial charge >= 0.3 is 5.69 Å². The summed E-state index contributed by atoms with van der Waals surface area (Å²) in [6.45, 7) is 4.33. The van der Waals surface area contributed by atoms with Crippen LogP contribution in [0.15, 0.2) is 23.0 Å². The van der Waals surface area contributed by atoms with Gasteiger partial charge in [0.2, 0.25) is 10.0 Å². The third kappa shape index (κ3) is 3.42. The van der Waals surface area contributed by atoms with E-state index in [0.717, 1.165) is 23.1 Å². The number of imidazole rings is 1. The predicted molar refractivity (Wildman–Crippen MR) is 91.4 cm³/mol. The Bertz CT molecular complexity index is 832. The van der Waals surface area contributed by atoms with Gasteiger partial charge in [-0.1, -0.05) is 13.3 Å². The summed E-state index contributed by atoms with van der Waals surface area (Å²) in [5.41, 5.74) is 2.33. The number of rotatable bonds is 5. The molecule has 23 heavy (non-hydrogen) atoms. The van der Waals surface area contributed by atoms with Crippen molar-refractivity contribution in [3.63, 3.8) is 0 Å². The van der Waals surface area contributed by atoms with Crippen molar-refractivity contribution in [1.82, 2.24) is 14.3 Å². The number of piperazine rings is 1. The quantitative estimate of drug-likeness (QED) is 0.854. The van der Waals surface area contributed by atoms with Crippen LogP contribution in [0.1, 0.15) is 19.8 Å². The molecule has 1 aromatic heterocycles. The first-order valence-electron chi connectivity index (χ1n) is 7.94. The van der Waals surface area contributed by atoms with Crippen LogP contribution in [-0.4, -0.2) is 54.6 Å². The van der Waals surface area contributed by atoms with Gasteiger partial charge in [0.25, 0.3) is 0 Å². The van der Waals surface area contributed by atoms with Crippen molar-refractivity contribution < 1.29 is 8.42 Å². The van der Waals surface area contributed by atoms with Crippen molar-refractivity contribution in [3.05, 3.63) is 28.7 Å². The van der Waals surface area contributed by atoms with E-state index in [0.29, 0.717) is 32.6 Å². The Morgan fingerprint density at radius 3 is 2.48 bits per heavy atom. The van der Waals surface area contributed by atoms with E-state index in [1.165, 1.54) is 0 Å². The number of unbranched alkanes of at least 4 members (excludes halogenated alkanes) is 1. The van der Waals surface area contributed by atoms with E-state index < -0.39 is 10.0 Å². The molecule has 7 nitrogen and oxygen atoms in total. The summed E-state index contributed by atoms with van der Waals surface area (Å²) < 4.78 is 26.1. The van der Waals surface area contributed by atoms with Gasteiger partial charge in [-0.2, -0.15) is 4.31 Å². The van der Waals surface area contributed by atoms with Gasteiger partial charge in [0.1, 0.15) is 0 Å². The number of benzene rings is 1. The van der Waals surface area contributed by atoms with Gasteiger partial charge in [-0.15, -0.1) is 0 Å². The monoisotopic (exact) mass is 338 g/mol. The van der Waals surface area contributed by atoms with Crippen LogP contribution >= 0.6 is 0 Å². The zero-order chi connectivity index (χ0) is 16.4. The largest absolute Gasteiger partial charge is 0.369 e. The van der Waals surface area contributed by atoms with E-state index >= 15 is 0 Å². The van der Waals surface area contributed by atoms with E-state index in [1.807, 2.05) is 25.1 Å². The van der Waals surface area contributed by atoms with Crippen molar-refractivity contribution in [1.29, 1.82) is 0 Å². The number of nitrogens with one attached hydrogen (secondary N) is 2. The van der Waals surface area contributed by atoms with Gasteiger partial charge in [0.05, 0.1) is 16.8 Å². The number of H-pyrrole nitrogens is 2. The minimum absolute atomic E-state index is 0.219. The summed E-state index contributed by atoms with van der Waals surface area (Å²) in [5, 5.41) is 0. The fraction of sp³-hybridized carbons (Fsp3) is 0.533. The first kappa shape index (κ1) is 16.1. The molecule has 2 aromatic rings. The molecule has 0 saturated carbocycles. The van der Waals surface area contributed by atoms with Crippen LogP contribution < -0.4 is 10.6 Å². The van der Waals surface area contributed by atoms with Crippen LogP contribution in [0.4, 0.5) is 5.69 Å². The van der Waals surface area contributed by atoms with Crippen LogP contribution in [0.2, 0.25) is 0 Å². The van der Waals surface area contributed by atoms with Crippen molar-refractivity contribution in [2.75, 3.05) is 36.8 Å². The van der Waals surface area contributed by atoms with Gasteiger partial charge in [0.15, 0.2) is 0 Å². The molecule has 3 rings (SSSR count). The summed E-state index contributed by atoms with van der Waals surface area (Å²) in [4.78, 5) is 18.9. The second-order valence-corrected chi connectivity index (χ2v) is 7.95. The maximum atomic E-state index is 12.2. The topological polar surface area (TPSA) is 89.3 Å². The van der Waals surface area contributed by atoms with Gasteiger partial charge in [-0.3, -0.25) is 0 Å². The highest BCUT2D eigenvalue weighted by atomic mass is 32.2. The lowest BCUT2D eigenvalue weighted by Crippen LogP contribution is -2.49. The van der Waals surface area contributed by atoms with Gasteiger partial charge in [-0.05, 0) is 24.6 Å². The Hall–Kier alpha value is -1.80. The molecule has 1 aliphatic rings. The molecule has 0 radical (unpaired) electrons. The van der Waals surface area contributed by atoms with Crippen molar-refractivity contribution in [2.45, 2.75) is 19.8 Å². The first-order valence-corrected chi connectivity index (χ1v) is 9.55. The average molecular weight is 338 g/mol. The number of aromatic nitrogens is 2. The molecule has 8 heteroatoms. The minimum Gasteiger partial charge on any atom is -0.369 e. The molecule has 0 amide bonds. The lowest BCUT2D eigenvalue weighted by molar-refractivity contribution is 0.384. The molecular weight excluding hydrogens is 316 g/mol. The molecule has 1 aliphatic heterocycles. The molecule has 0 atom stereocenters. The summed E-state index contributed by atoms with van der Waals surface area (Å²) in [7, 11) is -3.13. The Kier molecular flexibility index (Phi) is 4.45. The summed E-state index contributed by atoms with van der Waals surface area (Å²) >= 11 is 0. The fourth-order valence-corrected chi connectivity index (χ4v) is 4.53. The Morgan fingerprint density at radius 1 is 1.09 bits per heavy atom. The maximum absolute atomic E-state index is 12.2. The van der Waals surface area contributed by atoms with Crippen LogP contribution in [-0.2, 0) is 10.0 Å². The van der Waals surface area contributed by atoms with Crippen LogP contribution in [0, 0.1) is 0 Å². The Morgan fingerprint density at radius 2 is 1.78 bits per heavy atom. The van der Waals surface area contributed by atoms with Gasteiger partial charge in [0, 0.05) is 31.9 Å². The molecule has 2 heterocycles. The summed E-state index contributed by atoms with van der Waals surface area (Å²) in [5.74, 6) is 0.236. The molecule has 0 aliphatic carbocycles. The molecule has 0 spiro atoms. The zero-order valence-electron chi connectivity index (χ0n) is 13.2. The van der Waals surface area contributed by atoms with Crippen LogP contribution in [0.3, 0.4) is 0 Å². The number of aromatic amines is 2. The van der Waals surface area contributed by atoms with E-state index in [9.17, 15) is 13.2 Å². The summed E-state index contributed by atoms with van der Waals surface area (Å²) in [6, 6.07) is 5.74. The highest BCUT2D eigenvalue weighted by Gasteiger charge is 2.26. The number of hydrogen-bond donors (Lipinski definition) is 2. The third-order valence-corrected chi connectivity index (χ3v) is 6.21. The minimum atomic E-state index is -3.13. The lowest BCUT2D eigenvalue weighted by atomic mass is 10.2. The predicted octanol–water partition coefficient (Wildman–Crippen LogP) is 1.11. The van der Waals surface area contributed by atoms with Gasteiger partial charge in [-0.25, -0.2) is 13.2 Å². The molecule has 1 saturated heterocycles. The molecule has 126 valence electrons. The van der Waals surface area contributed by atoms with E-state index in [4.69, 9.17) is 0 Å². The molecule has 2 N–H and O–H groups in total. The average Bonchev–Trinajstić information content (AvgIpc) is 2.92. The van der Waals surface area contributed by atoms with Crippen molar-refractivity contribution in [2.24, 2.45) is 0 Å². The van der Waals surface area contributed by atoms with Crippen molar-refractivity contribution in [3.8, 4) is 0 Å². The SMILES string of the molecule is CCCCS(=O)(=O)N1CCN(c2ccc3[nH]c(=O)[nH]c3c2)CC1. The number of fused-ring (bicyclic) bond motifs is 1. The number of sulfonamides is 1. The van der Waals surface area contributed by atoms with Crippen molar-refractivity contribution >= 4 is 26.7 Å². The highest BCUT2D eigenvalue weighted by Crippen LogP contribution is 2.21. The van der Waals surface area contributed by atoms with E-state index in [-0.39, 0.29) is 11.4 Å². The third-order valence-electron chi connectivity index (χ3n) is 4.25. The molecule has 0 unspecified atom stereocenters. The summed E-state index contributed by atoms with van der Waals surface area (Å²) in [6.07, 6.45) is 1.59. The standard InChI is InChI=1S/C15H22N4O3S/c1-2-3-10-23(21,22)19-8-6-18(7-9-19)12-4-5-13-14(11-12)17-15(20)16-13/h4-5,11H,2-3,6-10H2,1H3,(H2,16,17,20). The normalized spacial score (nSPS) is 17.0. The molecular formula is C15H22N4O3S. The van der Waals surface area contributed by atoms with Crippen LogP contribution in [0.5, 0.6) is 0 Å². The van der Waals surface area contributed by atoms with E-state index in [2.05, 4.69) is 14.9 Å². The fourth-order valence-electron chi connectivity index (χ4n) is 2.90. The van der Waals surface area contributed by atoms with Crippen LogP contribution in [0.25, 0.3) is 11.0 Å². The Balaban J connectivity index is 1.69. The van der Waals surface area contributed by atoms with Gasteiger partial charge < -0.3 is 14.9 Å². The second kappa shape index (κ2) is 6.37. The first-order chi connectivity index (χ1) is 11.0. The number of anilines is 1. The molecule has 1 aromatic carbocycles. The maximum Gasteiger partial charge on any atom is 0.323 e. The lowest BCUT2D eigenvalue weighted by Gasteiger charge is -2.35.